The second-order valence-corrected chi connectivity index (χ2v) is 4.59. The molecule has 2 nitrogen and oxygen atoms in total. The van der Waals surface area contributed by atoms with Gasteiger partial charge in [0.05, 0.1) is 0 Å². The van der Waals surface area contributed by atoms with Gasteiger partial charge in [-0.1, -0.05) is 12.1 Å². The van der Waals surface area contributed by atoms with E-state index in [4.69, 9.17) is 0 Å². The second-order valence-electron chi connectivity index (χ2n) is 4.59. The Kier molecular flexibility index (Phi) is 5.37. The van der Waals surface area contributed by atoms with Crippen molar-refractivity contribution in [2.75, 3.05) is 20.1 Å². The molecule has 2 rings (SSSR count). The van der Waals surface area contributed by atoms with Crippen molar-refractivity contribution in [3.8, 4) is 0 Å². The van der Waals surface area contributed by atoms with Crippen molar-refractivity contribution in [3.05, 3.63) is 35.1 Å². The highest BCUT2D eigenvalue weighted by molar-refractivity contribution is 5.85. The van der Waals surface area contributed by atoms with Gasteiger partial charge >= 0.3 is 0 Å². The Balaban J connectivity index is 0.00000144. The van der Waals surface area contributed by atoms with Gasteiger partial charge in [-0.3, -0.25) is 4.90 Å². The van der Waals surface area contributed by atoms with Crippen molar-refractivity contribution < 1.29 is 4.39 Å². The molecule has 0 radical (unpaired) electrons. The Morgan fingerprint density at radius 3 is 2.82 bits per heavy atom. The molecule has 1 aliphatic heterocycles. The monoisotopic (exact) mass is 258 g/mol. The predicted molar refractivity (Wildman–Crippen MR) is 71.1 cm³/mol. The van der Waals surface area contributed by atoms with Crippen LogP contribution in [0.15, 0.2) is 18.2 Å². The standard InChI is InChI=1S/C13H19FN2.ClH/c1-10-7-11(3-4-13(10)14)8-16-6-5-12(9-16)15-2;/h3-4,7,12,15H,5-6,8-9H2,1-2H3;1H. The first-order valence-electron chi connectivity index (χ1n) is 5.83. The van der Waals surface area contributed by atoms with Crippen LogP contribution >= 0.6 is 12.4 Å². The van der Waals surface area contributed by atoms with Gasteiger partial charge in [0.1, 0.15) is 5.82 Å². The lowest BCUT2D eigenvalue weighted by Crippen LogP contribution is -2.29. The molecule has 1 unspecified atom stereocenters. The molecule has 1 aromatic rings. The Hall–Kier alpha value is -0.640. The number of hydrogen-bond donors (Lipinski definition) is 1. The maximum absolute atomic E-state index is 13.1. The first-order chi connectivity index (χ1) is 7.69. The third-order valence-electron chi connectivity index (χ3n) is 3.31. The van der Waals surface area contributed by atoms with Crippen LogP contribution in [-0.2, 0) is 6.54 Å². The van der Waals surface area contributed by atoms with Crippen LogP contribution in [0, 0.1) is 12.7 Å². The number of likely N-dealkylation sites (N-methyl/N-ethyl adjacent to an activating group) is 1. The first kappa shape index (κ1) is 14.4. The van der Waals surface area contributed by atoms with Crippen LogP contribution in [0.25, 0.3) is 0 Å². The fourth-order valence-corrected chi connectivity index (χ4v) is 2.28. The van der Waals surface area contributed by atoms with Crippen molar-refractivity contribution >= 4 is 12.4 Å². The molecule has 0 spiro atoms. The van der Waals surface area contributed by atoms with Gasteiger partial charge in [0, 0.05) is 25.7 Å². The van der Waals surface area contributed by atoms with E-state index in [1.165, 1.54) is 12.0 Å². The molecule has 1 saturated heterocycles. The van der Waals surface area contributed by atoms with Gasteiger partial charge in [-0.05, 0) is 37.6 Å². The minimum absolute atomic E-state index is 0. The lowest BCUT2D eigenvalue weighted by Gasteiger charge is -2.16. The molecule has 1 N–H and O–H groups in total. The molecule has 0 bridgehead atoms. The molecule has 4 heteroatoms. The molecule has 0 aliphatic carbocycles. The van der Waals surface area contributed by atoms with Crippen LogP contribution in [0.1, 0.15) is 17.5 Å². The molecule has 96 valence electrons. The van der Waals surface area contributed by atoms with Gasteiger partial charge in [0.2, 0.25) is 0 Å². The molecule has 17 heavy (non-hydrogen) atoms. The quantitative estimate of drug-likeness (QED) is 0.895. The van der Waals surface area contributed by atoms with E-state index in [-0.39, 0.29) is 18.2 Å². The maximum atomic E-state index is 13.1. The minimum atomic E-state index is -0.113. The highest BCUT2D eigenvalue weighted by atomic mass is 35.5. The summed E-state index contributed by atoms with van der Waals surface area (Å²) in [4.78, 5) is 2.41. The Morgan fingerprint density at radius 2 is 2.24 bits per heavy atom. The number of likely N-dealkylation sites (tertiary alicyclic amines) is 1. The topological polar surface area (TPSA) is 15.3 Å². The van der Waals surface area contributed by atoms with Crippen LogP contribution in [0.5, 0.6) is 0 Å². The smallest absolute Gasteiger partial charge is 0.126 e. The van der Waals surface area contributed by atoms with Crippen molar-refractivity contribution in [2.24, 2.45) is 0 Å². The van der Waals surface area contributed by atoms with Crippen molar-refractivity contribution in [3.63, 3.8) is 0 Å². The molecule has 1 aliphatic rings. The summed E-state index contributed by atoms with van der Waals surface area (Å²) in [6.07, 6.45) is 1.21. The van der Waals surface area contributed by atoms with Crippen LogP contribution in [0.2, 0.25) is 0 Å². The Morgan fingerprint density at radius 1 is 1.47 bits per heavy atom. The van der Waals surface area contributed by atoms with E-state index in [9.17, 15) is 4.39 Å². The number of benzene rings is 1. The highest BCUT2D eigenvalue weighted by Crippen LogP contribution is 2.15. The normalized spacial score (nSPS) is 20.3. The number of hydrogen-bond acceptors (Lipinski definition) is 2. The fourth-order valence-electron chi connectivity index (χ4n) is 2.28. The zero-order valence-electron chi connectivity index (χ0n) is 10.4. The second kappa shape index (κ2) is 6.34. The molecular formula is C13H20ClFN2. The van der Waals surface area contributed by atoms with Crippen molar-refractivity contribution in [1.82, 2.24) is 10.2 Å². The lowest BCUT2D eigenvalue weighted by molar-refractivity contribution is 0.322. The number of aryl methyl sites for hydroxylation is 1. The fraction of sp³-hybridized carbons (Fsp3) is 0.538. The average molecular weight is 259 g/mol. The zero-order chi connectivity index (χ0) is 11.5. The predicted octanol–water partition coefficient (Wildman–Crippen LogP) is 2.35. The van der Waals surface area contributed by atoms with E-state index in [0.717, 1.165) is 25.2 Å². The van der Waals surface area contributed by atoms with E-state index in [1.54, 1.807) is 6.07 Å². The van der Waals surface area contributed by atoms with Crippen molar-refractivity contribution in [1.29, 1.82) is 0 Å². The first-order valence-corrected chi connectivity index (χ1v) is 5.83. The van der Waals surface area contributed by atoms with E-state index in [1.807, 2.05) is 26.1 Å². The molecule has 1 atom stereocenters. The van der Waals surface area contributed by atoms with Crippen LogP contribution in [0.4, 0.5) is 4.39 Å². The van der Waals surface area contributed by atoms with Gasteiger partial charge in [0.25, 0.3) is 0 Å². The van der Waals surface area contributed by atoms with E-state index in [2.05, 4.69) is 10.2 Å². The SMILES string of the molecule is CNC1CCN(Cc2ccc(F)c(C)c2)C1.Cl. The van der Waals surface area contributed by atoms with Gasteiger partial charge in [0.15, 0.2) is 0 Å². The maximum Gasteiger partial charge on any atom is 0.126 e. The van der Waals surface area contributed by atoms with Crippen LogP contribution < -0.4 is 5.32 Å². The number of nitrogens with one attached hydrogen (secondary N) is 1. The molecular weight excluding hydrogens is 239 g/mol. The van der Waals surface area contributed by atoms with E-state index < -0.39 is 0 Å². The van der Waals surface area contributed by atoms with Gasteiger partial charge in [-0.25, -0.2) is 4.39 Å². The summed E-state index contributed by atoms with van der Waals surface area (Å²) in [5.41, 5.74) is 1.94. The summed E-state index contributed by atoms with van der Waals surface area (Å²) in [5.74, 6) is -0.113. The summed E-state index contributed by atoms with van der Waals surface area (Å²) in [7, 11) is 2.01. The summed E-state index contributed by atoms with van der Waals surface area (Å²) in [5, 5.41) is 3.30. The molecule has 0 amide bonds. The number of rotatable bonds is 3. The summed E-state index contributed by atoms with van der Waals surface area (Å²) in [6.45, 7) is 4.97. The number of halogens is 2. The molecule has 1 fully saturated rings. The zero-order valence-corrected chi connectivity index (χ0v) is 11.2. The van der Waals surface area contributed by atoms with Crippen LogP contribution in [0.3, 0.4) is 0 Å². The van der Waals surface area contributed by atoms with Gasteiger partial charge < -0.3 is 5.32 Å². The molecule has 0 saturated carbocycles. The van der Waals surface area contributed by atoms with E-state index >= 15 is 0 Å². The minimum Gasteiger partial charge on any atom is -0.316 e. The third kappa shape index (κ3) is 3.66. The largest absolute Gasteiger partial charge is 0.316 e. The van der Waals surface area contributed by atoms with E-state index in [0.29, 0.717) is 6.04 Å². The molecule has 1 heterocycles. The lowest BCUT2D eigenvalue weighted by atomic mass is 10.1. The number of nitrogens with zero attached hydrogens (tertiary/aromatic N) is 1. The average Bonchev–Trinajstić information content (AvgIpc) is 2.71. The third-order valence-corrected chi connectivity index (χ3v) is 3.31. The Labute approximate surface area is 109 Å². The summed E-state index contributed by atoms with van der Waals surface area (Å²) < 4.78 is 13.1. The summed E-state index contributed by atoms with van der Waals surface area (Å²) in [6, 6.07) is 6.01. The molecule has 0 aromatic heterocycles. The Bertz CT molecular complexity index is 370. The van der Waals surface area contributed by atoms with Gasteiger partial charge in [-0.2, -0.15) is 0 Å². The summed E-state index contributed by atoms with van der Waals surface area (Å²) >= 11 is 0. The van der Waals surface area contributed by atoms with Crippen LogP contribution in [-0.4, -0.2) is 31.1 Å². The highest BCUT2D eigenvalue weighted by Gasteiger charge is 2.20. The van der Waals surface area contributed by atoms with Gasteiger partial charge in [-0.15, -0.1) is 12.4 Å². The molecule has 1 aromatic carbocycles. The van der Waals surface area contributed by atoms with Crippen molar-refractivity contribution in [2.45, 2.75) is 25.9 Å².